The second-order valence-corrected chi connectivity index (χ2v) is 7.08. The van der Waals surface area contributed by atoms with Gasteiger partial charge in [0.05, 0.1) is 13.1 Å². The van der Waals surface area contributed by atoms with E-state index in [2.05, 4.69) is 15.6 Å². The molecule has 1 aromatic rings. The zero-order chi connectivity index (χ0) is 21.8. The van der Waals surface area contributed by atoms with Crippen LogP contribution in [0.1, 0.15) is 57.0 Å². The van der Waals surface area contributed by atoms with Crippen LogP contribution in [0.4, 0.5) is 0 Å². The lowest BCUT2D eigenvalue weighted by molar-refractivity contribution is -0.131. The Morgan fingerprint density at radius 1 is 1.14 bits per heavy atom. The third-order valence-electron chi connectivity index (χ3n) is 4.78. The summed E-state index contributed by atoms with van der Waals surface area (Å²) in [5.74, 6) is 0.674. The fraction of sp³-hybridized carbons (Fsp3) is 0.591. The van der Waals surface area contributed by atoms with Gasteiger partial charge in [-0.1, -0.05) is 19.1 Å². The van der Waals surface area contributed by atoms with Crippen molar-refractivity contribution in [3.05, 3.63) is 35.4 Å². The van der Waals surface area contributed by atoms with E-state index in [9.17, 15) is 9.59 Å². The number of guanidine groups is 1. The van der Waals surface area contributed by atoms with Gasteiger partial charge >= 0.3 is 0 Å². The van der Waals surface area contributed by atoms with Crippen molar-refractivity contribution >= 4 is 17.8 Å². The van der Waals surface area contributed by atoms with Crippen molar-refractivity contribution in [2.45, 2.75) is 53.6 Å². The molecule has 1 aromatic carbocycles. The summed E-state index contributed by atoms with van der Waals surface area (Å²) in [4.78, 5) is 33.0. The third-order valence-corrected chi connectivity index (χ3v) is 4.78. The number of nitrogens with zero attached hydrogens (tertiary/aromatic N) is 3. The summed E-state index contributed by atoms with van der Waals surface area (Å²) in [7, 11) is 1.86. The van der Waals surface area contributed by atoms with Crippen LogP contribution in [0.2, 0.25) is 0 Å². The second-order valence-electron chi connectivity index (χ2n) is 7.08. The van der Waals surface area contributed by atoms with Crippen LogP contribution < -0.4 is 10.6 Å². The molecule has 0 aliphatic heterocycles. The van der Waals surface area contributed by atoms with E-state index in [0.717, 1.165) is 12.0 Å². The quantitative estimate of drug-likeness (QED) is 0.465. The normalized spacial score (nSPS) is 12.3. The fourth-order valence-electron chi connectivity index (χ4n) is 2.81. The van der Waals surface area contributed by atoms with Crippen molar-refractivity contribution in [1.82, 2.24) is 20.4 Å². The van der Waals surface area contributed by atoms with Gasteiger partial charge in [-0.05, 0) is 51.8 Å². The van der Waals surface area contributed by atoms with Crippen LogP contribution in [0.15, 0.2) is 29.3 Å². The Balaban J connectivity index is 2.86. The van der Waals surface area contributed by atoms with E-state index in [4.69, 9.17) is 0 Å². The molecule has 0 bridgehead atoms. The van der Waals surface area contributed by atoms with E-state index in [0.29, 0.717) is 37.7 Å². The van der Waals surface area contributed by atoms with Gasteiger partial charge < -0.3 is 20.4 Å². The van der Waals surface area contributed by atoms with Crippen molar-refractivity contribution in [2.24, 2.45) is 4.99 Å². The first-order chi connectivity index (χ1) is 13.9. The highest BCUT2D eigenvalue weighted by Gasteiger charge is 2.15. The predicted molar refractivity (Wildman–Crippen MR) is 119 cm³/mol. The molecule has 7 heteroatoms. The molecule has 0 radical (unpaired) electrons. The zero-order valence-electron chi connectivity index (χ0n) is 18.8. The third kappa shape index (κ3) is 8.13. The minimum Gasteiger partial charge on any atom is -0.357 e. The van der Waals surface area contributed by atoms with Gasteiger partial charge in [0.15, 0.2) is 5.96 Å². The molecular formula is C22H37N5O2. The van der Waals surface area contributed by atoms with Crippen LogP contribution in [0.5, 0.6) is 0 Å². The molecule has 162 valence electrons. The first-order valence-corrected chi connectivity index (χ1v) is 10.5. The smallest absolute Gasteiger partial charge is 0.251 e. The van der Waals surface area contributed by atoms with Crippen molar-refractivity contribution in [2.75, 3.05) is 33.2 Å². The number of amides is 2. The van der Waals surface area contributed by atoms with Gasteiger partial charge in [0.25, 0.3) is 5.91 Å². The molecule has 1 atom stereocenters. The van der Waals surface area contributed by atoms with Crippen LogP contribution in [-0.4, -0.2) is 66.8 Å². The maximum atomic E-state index is 12.4. The number of carbonyl (C=O) groups is 2. The molecule has 2 amide bonds. The molecule has 2 N–H and O–H groups in total. The van der Waals surface area contributed by atoms with Gasteiger partial charge in [0, 0.05) is 38.3 Å². The molecule has 1 rings (SSSR count). The highest BCUT2D eigenvalue weighted by molar-refractivity contribution is 5.94. The highest BCUT2D eigenvalue weighted by atomic mass is 16.2. The topological polar surface area (TPSA) is 77.0 Å². The maximum Gasteiger partial charge on any atom is 0.251 e. The fourth-order valence-corrected chi connectivity index (χ4v) is 2.81. The van der Waals surface area contributed by atoms with Crippen LogP contribution in [0, 0.1) is 0 Å². The van der Waals surface area contributed by atoms with Crippen LogP contribution in [0.25, 0.3) is 0 Å². The molecule has 29 heavy (non-hydrogen) atoms. The summed E-state index contributed by atoms with van der Waals surface area (Å²) in [5.41, 5.74) is 1.58. The largest absolute Gasteiger partial charge is 0.357 e. The van der Waals surface area contributed by atoms with E-state index < -0.39 is 0 Å². The standard InChI is InChI=1S/C22H37N5O2/c1-7-17(5)25-21(29)19-13-11-12-18(14-19)15-24-22(23-8-2)26(6)16-20(28)27(9-3)10-4/h11-14,17H,7-10,15-16H2,1-6H3,(H,23,24)(H,25,29). The number of benzene rings is 1. The minimum absolute atomic E-state index is 0.0703. The van der Waals surface area contributed by atoms with E-state index in [1.54, 1.807) is 4.90 Å². The lowest BCUT2D eigenvalue weighted by atomic mass is 10.1. The van der Waals surface area contributed by atoms with Gasteiger partial charge in [0.1, 0.15) is 0 Å². The summed E-state index contributed by atoms with van der Waals surface area (Å²) in [6, 6.07) is 7.64. The van der Waals surface area contributed by atoms with Gasteiger partial charge in [0.2, 0.25) is 5.91 Å². The van der Waals surface area contributed by atoms with E-state index in [1.807, 2.05) is 70.8 Å². The lowest BCUT2D eigenvalue weighted by Gasteiger charge is -2.25. The number of aliphatic imine (C=N–C) groups is 1. The lowest BCUT2D eigenvalue weighted by Crippen LogP contribution is -2.45. The van der Waals surface area contributed by atoms with Gasteiger partial charge in [-0.15, -0.1) is 0 Å². The monoisotopic (exact) mass is 403 g/mol. The van der Waals surface area contributed by atoms with Crippen molar-refractivity contribution in [3.63, 3.8) is 0 Å². The number of nitrogens with one attached hydrogen (secondary N) is 2. The Kier molecular flexibility index (Phi) is 10.8. The van der Waals surface area contributed by atoms with Crippen molar-refractivity contribution in [1.29, 1.82) is 0 Å². The number of hydrogen-bond donors (Lipinski definition) is 2. The summed E-state index contributed by atoms with van der Waals surface area (Å²) in [5, 5.41) is 6.21. The van der Waals surface area contributed by atoms with E-state index in [-0.39, 0.29) is 24.4 Å². The Morgan fingerprint density at radius 3 is 2.41 bits per heavy atom. The number of rotatable bonds is 10. The summed E-state index contributed by atoms with van der Waals surface area (Å²) in [6.45, 7) is 12.8. The van der Waals surface area contributed by atoms with E-state index in [1.165, 1.54) is 0 Å². The number of likely N-dealkylation sites (N-methyl/N-ethyl adjacent to an activating group) is 2. The first kappa shape index (κ1) is 24.5. The molecule has 0 aromatic heterocycles. The van der Waals surface area contributed by atoms with Crippen LogP contribution in [-0.2, 0) is 11.3 Å². The van der Waals surface area contributed by atoms with Gasteiger partial charge in [-0.25, -0.2) is 4.99 Å². The molecule has 0 saturated carbocycles. The average Bonchev–Trinajstić information content (AvgIpc) is 2.71. The molecule has 0 spiro atoms. The highest BCUT2D eigenvalue weighted by Crippen LogP contribution is 2.08. The SMILES string of the molecule is CCNC(=NCc1cccc(C(=O)NC(C)CC)c1)N(C)CC(=O)N(CC)CC. The Morgan fingerprint density at radius 2 is 1.83 bits per heavy atom. The maximum absolute atomic E-state index is 12.4. The summed E-state index contributed by atoms with van der Waals surface area (Å²) >= 11 is 0. The minimum atomic E-state index is -0.0703. The average molecular weight is 404 g/mol. The Labute approximate surface area is 175 Å². The zero-order valence-corrected chi connectivity index (χ0v) is 18.8. The molecule has 0 fully saturated rings. The number of hydrogen-bond acceptors (Lipinski definition) is 3. The molecule has 0 aliphatic rings. The predicted octanol–water partition coefficient (Wildman–Crippen LogP) is 2.48. The summed E-state index contributed by atoms with van der Waals surface area (Å²) in [6.07, 6.45) is 0.889. The molecule has 0 saturated heterocycles. The Hall–Kier alpha value is -2.57. The molecule has 0 aliphatic carbocycles. The summed E-state index contributed by atoms with van der Waals surface area (Å²) < 4.78 is 0. The molecular weight excluding hydrogens is 366 g/mol. The van der Waals surface area contributed by atoms with Gasteiger partial charge in [-0.2, -0.15) is 0 Å². The Bertz CT molecular complexity index is 686. The number of carbonyl (C=O) groups excluding carboxylic acids is 2. The van der Waals surface area contributed by atoms with Gasteiger partial charge in [-0.3, -0.25) is 9.59 Å². The van der Waals surface area contributed by atoms with Crippen LogP contribution >= 0.6 is 0 Å². The molecule has 7 nitrogen and oxygen atoms in total. The molecule has 1 unspecified atom stereocenters. The first-order valence-electron chi connectivity index (χ1n) is 10.5. The second kappa shape index (κ2) is 12.8. The molecule has 0 heterocycles. The van der Waals surface area contributed by atoms with E-state index >= 15 is 0 Å². The van der Waals surface area contributed by atoms with Crippen LogP contribution in [0.3, 0.4) is 0 Å². The van der Waals surface area contributed by atoms with Crippen molar-refractivity contribution in [3.8, 4) is 0 Å². The van der Waals surface area contributed by atoms with Crippen molar-refractivity contribution < 1.29 is 9.59 Å².